The van der Waals surface area contributed by atoms with Gasteiger partial charge in [-0.1, -0.05) is 28.1 Å². The highest BCUT2D eigenvalue weighted by Crippen LogP contribution is 2.14. The quantitative estimate of drug-likeness (QED) is 0.914. The molecule has 0 saturated carbocycles. The van der Waals surface area contributed by atoms with Crippen molar-refractivity contribution >= 4 is 15.9 Å². The van der Waals surface area contributed by atoms with Crippen molar-refractivity contribution in [3.05, 3.63) is 34.3 Å². The number of rotatable bonds is 4. The van der Waals surface area contributed by atoms with E-state index < -0.39 is 0 Å². The van der Waals surface area contributed by atoms with E-state index in [1.165, 1.54) is 24.9 Å². The summed E-state index contributed by atoms with van der Waals surface area (Å²) >= 11 is 3.51. The van der Waals surface area contributed by atoms with E-state index in [4.69, 9.17) is 0 Å². The molecule has 0 radical (unpaired) electrons. The van der Waals surface area contributed by atoms with Crippen LogP contribution in [0.1, 0.15) is 18.4 Å². The van der Waals surface area contributed by atoms with Crippen molar-refractivity contribution in [2.24, 2.45) is 0 Å². The van der Waals surface area contributed by atoms with Crippen LogP contribution in [0.3, 0.4) is 0 Å². The number of halogens is 1. The van der Waals surface area contributed by atoms with Gasteiger partial charge < -0.3 is 10.2 Å². The molecular weight excluding hydrogens is 264 g/mol. The minimum absolute atomic E-state index is 0.692. The van der Waals surface area contributed by atoms with Gasteiger partial charge in [-0.15, -0.1) is 0 Å². The van der Waals surface area contributed by atoms with Gasteiger partial charge in [0.2, 0.25) is 0 Å². The molecule has 1 N–H and O–H groups in total. The first-order valence-electron chi connectivity index (χ1n) is 5.90. The van der Waals surface area contributed by atoms with Gasteiger partial charge in [-0.25, -0.2) is 0 Å². The second-order valence-corrected chi connectivity index (χ2v) is 5.54. The lowest BCUT2D eigenvalue weighted by atomic mass is 10.2. The molecule has 88 valence electrons. The highest BCUT2D eigenvalue weighted by Gasteiger charge is 2.15. The Morgan fingerprint density at radius 2 is 2.38 bits per heavy atom. The highest BCUT2D eigenvalue weighted by molar-refractivity contribution is 9.10. The van der Waals surface area contributed by atoms with Crippen molar-refractivity contribution in [1.29, 1.82) is 0 Å². The summed E-state index contributed by atoms with van der Waals surface area (Å²) < 4.78 is 1.16. The average Bonchev–Trinajstić information content (AvgIpc) is 2.70. The topological polar surface area (TPSA) is 15.3 Å². The molecule has 1 aromatic rings. The zero-order valence-electron chi connectivity index (χ0n) is 9.75. The number of hydrogen-bond donors (Lipinski definition) is 1. The monoisotopic (exact) mass is 282 g/mol. The third-order valence-corrected chi connectivity index (χ3v) is 3.53. The summed E-state index contributed by atoms with van der Waals surface area (Å²) in [6.45, 7) is 3.36. The number of benzene rings is 1. The smallest absolute Gasteiger partial charge is 0.0231 e. The second kappa shape index (κ2) is 5.80. The van der Waals surface area contributed by atoms with Gasteiger partial charge in [0.25, 0.3) is 0 Å². The average molecular weight is 283 g/mol. The molecule has 0 bridgehead atoms. The summed E-state index contributed by atoms with van der Waals surface area (Å²) in [4.78, 5) is 2.39. The minimum atomic E-state index is 0.692. The van der Waals surface area contributed by atoms with Crippen LogP contribution >= 0.6 is 15.9 Å². The standard InChI is InChI=1S/C13H19BrN2/c1-16(10-13-6-3-7-15-13)9-11-4-2-5-12(14)8-11/h2,4-5,8,13,15H,3,6-7,9-10H2,1H3/t13-/m0/s1. The predicted molar refractivity (Wildman–Crippen MR) is 71.5 cm³/mol. The fourth-order valence-electron chi connectivity index (χ4n) is 2.30. The first kappa shape index (κ1) is 12.1. The van der Waals surface area contributed by atoms with E-state index in [1.807, 2.05) is 0 Å². The van der Waals surface area contributed by atoms with E-state index in [0.717, 1.165) is 17.6 Å². The van der Waals surface area contributed by atoms with E-state index in [2.05, 4.69) is 57.5 Å². The molecule has 1 saturated heterocycles. The van der Waals surface area contributed by atoms with Gasteiger partial charge in [0, 0.05) is 23.6 Å². The Kier molecular flexibility index (Phi) is 4.38. The summed E-state index contributed by atoms with van der Waals surface area (Å²) in [6.07, 6.45) is 2.65. The molecule has 0 amide bonds. The Hall–Kier alpha value is -0.380. The molecule has 3 heteroatoms. The SMILES string of the molecule is CN(Cc1cccc(Br)c1)C[C@@H]1CCCN1. The molecular formula is C13H19BrN2. The van der Waals surface area contributed by atoms with E-state index in [-0.39, 0.29) is 0 Å². The van der Waals surface area contributed by atoms with E-state index in [0.29, 0.717) is 6.04 Å². The largest absolute Gasteiger partial charge is 0.313 e. The zero-order valence-corrected chi connectivity index (χ0v) is 11.3. The minimum Gasteiger partial charge on any atom is -0.313 e. The first-order valence-corrected chi connectivity index (χ1v) is 6.70. The molecule has 1 aliphatic rings. The molecule has 1 fully saturated rings. The highest BCUT2D eigenvalue weighted by atomic mass is 79.9. The summed E-state index contributed by atoms with van der Waals surface area (Å²) in [5, 5.41) is 3.53. The van der Waals surface area contributed by atoms with Gasteiger partial charge in [-0.3, -0.25) is 0 Å². The van der Waals surface area contributed by atoms with Gasteiger partial charge in [0.15, 0.2) is 0 Å². The third kappa shape index (κ3) is 3.58. The van der Waals surface area contributed by atoms with Gasteiger partial charge in [-0.2, -0.15) is 0 Å². The normalized spacial score (nSPS) is 20.6. The van der Waals surface area contributed by atoms with Crippen molar-refractivity contribution in [1.82, 2.24) is 10.2 Å². The molecule has 1 atom stereocenters. The summed E-state index contributed by atoms with van der Waals surface area (Å²) in [7, 11) is 2.20. The number of likely N-dealkylation sites (N-methyl/N-ethyl adjacent to an activating group) is 1. The summed E-state index contributed by atoms with van der Waals surface area (Å²) in [5.41, 5.74) is 1.37. The first-order chi connectivity index (χ1) is 7.74. The number of nitrogens with one attached hydrogen (secondary N) is 1. The lowest BCUT2D eigenvalue weighted by molar-refractivity contribution is 0.293. The van der Waals surface area contributed by atoms with Crippen LogP contribution < -0.4 is 5.32 Å². The van der Waals surface area contributed by atoms with E-state index in [9.17, 15) is 0 Å². The van der Waals surface area contributed by atoms with Gasteiger partial charge in [0.1, 0.15) is 0 Å². The molecule has 2 rings (SSSR count). The molecule has 0 spiro atoms. The Morgan fingerprint density at radius 3 is 3.06 bits per heavy atom. The third-order valence-electron chi connectivity index (χ3n) is 3.04. The van der Waals surface area contributed by atoms with Crippen molar-refractivity contribution in [2.45, 2.75) is 25.4 Å². The molecule has 16 heavy (non-hydrogen) atoms. The van der Waals surface area contributed by atoms with E-state index >= 15 is 0 Å². The van der Waals surface area contributed by atoms with Crippen LogP contribution in [-0.2, 0) is 6.54 Å². The molecule has 0 unspecified atom stereocenters. The summed E-state index contributed by atoms with van der Waals surface area (Å²) in [5.74, 6) is 0. The molecule has 0 aliphatic carbocycles. The fourth-order valence-corrected chi connectivity index (χ4v) is 2.75. The van der Waals surface area contributed by atoms with Crippen molar-refractivity contribution in [3.8, 4) is 0 Å². The maximum atomic E-state index is 3.53. The maximum Gasteiger partial charge on any atom is 0.0231 e. The lowest BCUT2D eigenvalue weighted by Crippen LogP contribution is -2.34. The second-order valence-electron chi connectivity index (χ2n) is 4.62. The van der Waals surface area contributed by atoms with Crippen LogP contribution in [0, 0.1) is 0 Å². The zero-order chi connectivity index (χ0) is 11.4. The number of hydrogen-bond acceptors (Lipinski definition) is 2. The van der Waals surface area contributed by atoms with Crippen LogP contribution in [0.15, 0.2) is 28.7 Å². The number of nitrogens with zero attached hydrogens (tertiary/aromatic N) is 1. The van der Waals surface area contributed by atoms with Crippen LogP contribution in [0.5, 0.6) is 0 Å². The van der Waals surface area contributed by atoms with Crippen LogP contribution in [0.4, 0.5) is 0 Å². The molecule has 0 aromatic heterocycles. The lowest BCUT2D eigenvalue weighted by Gasteiger charge is -2.21. The Bertz CT molecular complexity index is 334. The van der Waals surface area contributed by atoms with Crippen LogP contribution in [0.2, 0.25) is 0 Å². The fraction of sp³-hybridized carbons (Fsp3) is 0.538. The molecule has 1 aromatic carbocycles. The van der Waals surface area contributed by atoms with E-state index in [1.54, 1.807) is 0 Å². The van der Waals surface area contributed by atoms with Gasteiger partial charge in [-0.05, 0) is 44.1 Å². The van der Waals surface area contributed by atoms with Crippen LogP contribution in [0.25, 0.3) is 0 Å². The Morgan fingerprint density at radius 1 is 1.50 bits per heavy atom. The Labute approximate surface area is 106 Å². The Balaban J connectivity index is 1.84. The van der Waals surface area contributed by atoms with Gasteiger partial charge >= 0.3 is 0 Å². The van der Waals surface area contributed by atoms with Crippen LogP contribution in [-0.4, -0.2) is 31.1 Å². The molecule has 1 heterocycles. The van der Waals surface area contributed by atoms with Crippen molar-refractivity contribution in [2.75, 3.05) is 20.1 Å². The maximum absolute atomic E-state index is 3.53. The van der Waals surface area contributed by atoms with Crippen molar-refractivity contribution in [3.63, 3.8) is 0 Å². The van der Waals surface area contributed by atoms with Crippen molar-refractivity contribution < 1.29 is 0 Å². The molecule has 2 nitrogen and oxygen atoms in total. The van der Waals surface area contributed by atoms with Gasteiger partial charge in [0.05, 0.1) is 0 Å². The summed E-state index contributed by atoms with van der Waals surface area (Å²) in [6, 6.07) is 9.24. The molecule has 1 aliphatic heterocycles. The predicted octanol–water partition coefficient (Wildman–Crippen LogP) is 2.63.